The van der Waals surface area contributed by atoms with Crippen LogP contribution in [0.15, 0.2) is 30.3 Å². The number of rotatable bonds is 7. The van der Waals surface area contributed by atoms with Gasteiger partial charge in [-0.3, -0.25) is 9.59 Å². The highest BCUT2D eigenvalue weighted by Crippen LogP contribution is 2.12. The molecule has 5 nitrogen and oxygen atoms in total. The molecule has 1 aromatic carbocycles. The van der Waals surface area contributed by atoms with Crippen LogP contribution >= 0.6 is 0 Å². The van der Waals surface area contributed by atoms with Crippen LogP contribution in [0.25, 0.3) is 0 Å². The van der Waals surface area contributed by atoms with Crippen molar-refractivity contribution in [3.63, 3.8) is 0 Å². The van der Waals surface area contributed by atoms with Crippen LogP contribution < -0.4 is 5.32 Å². The number of carbonyl (C=O) groups excluding carboxylic acids is 1. The van der Waals surface area contributed by atoms with E-state index in [-0.39, 0.29) is 18.2 Å². The molecule has 1 aliphatic heterocycles. The first-order valence-corrected chi connectivity index (χ1v) is 8.39. The number of carboxylic acid groups (broad SMARTS) is 1. The fraction of sp³-hybridized carbons (Fsp3) is 0.556. The third kappa shape index (κ3) is 6.40. The van der Waals surface area contributed by atoms with Gasteiger partial charge in [-0.2, -0.15) is 0 Å². The highest BCUT2D eigenvalue weighted by Gasteiger charge is 2.23. The van der Waals surface area contributed by atoms with Gasteiger partial charge >= 0.3 is 5.97 Å². The number of nitrogens with one attached hydrogen (secondary N) is 1. The molecule has 2 N–H and O–H groups in total. The van der Waals surface area contributed by atoms with Crippen molar-refractivity contribution in [3.05, 3.63) is 35.9 Å². The second-order valence-electron chi connectivity index (χ2n) is 6.20. The number of carbonyl (C=O) groups is 2. The van der Waals surface area contributed by atoms with E-state index in [1.165, 1.54) is 5.56 Å². The molecule has 1 fully saturated rings. The van der Waals surface area contributed by atoms with Gasteiger partial charge < -0.3 is 15.3 Å². The van der Waals surface area contributed by atoms with Gasteiger partial charge in [-0.15, -0.1) is 0 Å². The second kappa shape index (κ2) is 9.30. The van der Waals surface area contributed by atoms with Crippen LogP contribution in [0, 0.1) is 5.92 Å². The molecular weight excluding hydrogens is 292 g/mol. The maximum absolute atomic E-state index is 12.3. The highest BCUT2D eigenvalue weighted by atomic mass is 16.4. The molecule has 0 radical (unpaired) electrons. The van der Waals surface area contributed by atoms with Crippen LogP contribution in [0.3, 0.4) is 0 Å². The summed E-state index contributed by atoms with van der Waals surface area (Å²) in [4.78, 5) is 25.0. The molecule has 1 aliphatic rings. The van der Waals surface area contributed by atoms with E-state index >= 15 is 0 Å². The van der Waals surface area contributed by atoms with Gasteiger partial charge in [0.2, 0.25) is 5.91 Å². The lowest BCUT2D eigenvalue weighted by atomic mass is 10.0. The molecule has 0 bridgehead atoms. The lowest BCUT2D eigenvalue weighted by Crippen LogP contribution is -2.36. The van der Waals surface area contributed by atoms with Crippen molar-refractivity contribution < 1.29 is 14.7 Å². The summed E-state index contributed by atoms with van der Waals surface area (Å²) < 4.78 is 0. The summed E-state index contributed by atoms with van der Waals surface area (Å²) >= 11 is 0. The Labute approximate surface area is 137 Å². The van der Waals surface area contributed by atoms with Crippen LogP contribution in [0.1, 0.15) is 31.2 Å². The Balaban J connectivity index is 1.72. The van der Waals surface area contributed by atoms with Crippen LogP contribution in [0.4, 0.5) is 0 Å². The summed E-state index contributed by atoms with van der Waals surface area (Å²) in [6.07, 6.45) is 3.54. The first kappa shape index (κ1) is 17.5. The van der Waals surface area contributed by atoms with Crippen molar-refractivity contribution in [2.45, 2.75) is 32.1 Å². The number of benzene rings is 1. The molecule has 1 saturated heterocycles. The first-order valence-electron chi connectivity index (χ1n) is 8.39. The van der Waals surface area contributed by atoms with Crippen molar-refractivity contribution in [2.24, 2.45) is 5.92 Å². The molecule has 126 valence electrons. The smallest absolute Gasteiger partial charge is 0.303 e. The molecule has 1 heterocycles. The number of amides is 1. The minimum absolute atomic E-state index is 0.00303. The summed E-state index contributed by atoms with van der Waals surface area (Å²) in [5.41, 5.74) is 1.31. The molecule has 1 aromatic rings. The van der Waals surface area contributed by atoms with E-state index in [0.29, 0.717) is 26.1 Å². The minimum Gasteiger partial charge on any atom is -0.481 e. The largest absolute Gasteiger partial charge is 0.481 e. The summed E-state index contributed by atoms with van der Waals surface area (Å²) in [7, 11) is 0. The average molecular weight is 318 g/mol. The van der Waals surface area contributed by atoms with E-state index in [2.05, 4.69) is 17.4 Å². The highest BCUT2D eigenvalue weighted by molar-refractivity contribution is 5.76. The molecule has 5 heteroatoms. The van der Waals surface area contributed by atoms with E-state index in [1.54, 1.807) is 0 Å². The van der Waals surface area contributed by atoms with Crippen LogP contribution in [0.5, 0.6) is 0 Å². The Hall–Kier alpha value is -1.88. The SMILES string of the molecule is O=C(O)C[C@H]1CNCCN(C(=O)CCCCc2ccccc2)C1. The normalized spacial score (nSPS) is 18.4. The van der Waals surface area contributed by atoms with E-state index in [9.17, 15) is 9.59 Å². The van der Waals surface area contributed by atoms with Gasteiger partial charge in [0, 0.05) is 32.6 Å². The van der Waals surface area contributed by atoms with Gasteiger partial charge in [0.05, 0.1) is 6.42 Å². The summed E-state index contributed by atoms with van der Waals surface area (Å²) in [5.74, 6) is -0.644. The summed E-state index contributed by atoms with van der Waals surface area (Å²) in [6, 6.07) is 10.3. The molecule has 0 aromatic heterocycles. The number of unbranched alkanes of at least 4 members (excludes halogenated alkanes) is 1. The fourth-order valence-corrected chi connectivity index (χ4v) is 3.01. The molecular formula is C18H26N2O3. The number of hydrogen-bond acceptors (Lipinski definition) is 3. The Morgan fingerprint density at radius 1 is 1.22 bits per heavy atom. The molecule has 0 spiro atoms. The Morgan fingerprint density at radius 3 is 2.74 bits per heavy atom. The Morgan fingerprint density at radius 2 is 2.00 bits per heavy atom. The van der Waals surface area contributed by atoms with E-state index in [0.717, 1.165) is 25.8 Å². The zero-order valence-electron chi connectivity index (χ0n) is 13.5. The van der Waals surface area contributed by atoms with Crippen molar-refractivity contribution in [1.82, 2.24) is 10.2 Å². The van der Waals surface area contributed by atoms with Gasteiger partial charge in [-0.25, -0.2) is 0 Å². The summed E-state index contributed by atoms with van der Waals surface area (Å²) in [6.45, 7) is 2.64. The zero-order valence-corrected chi connectivity index (χ0v) is 13.5. The van der Waals surface area contributed by atoms with Crippen LogP contribution in [-0.4, -0.2) is 48.1 Å². The lowest BCUT2D eigenvalue weighted by Gasteiger charge is -2.23. The predicted molar refractivity (Wildman–Crippen MR) is 89.2 cm³/mol. The van der Waals surface area contributed by atoms with Crippen LogP contribution in [-0.2, 0) is 16.0 Å². The third-order valence-corrected chi connectivity index (χ3v) is 4.24. The quantitative estimate of drug-likeness (QED) is 0.754. The topological polar surface area (TPSA) is 69.6 Å². The van der Waals surface area contributed by atoms with E-state index in [1.807, 2.05) is 23.1 Å². The Kier molecular flexibility index (Phi) is 7.07. The first-order chi connectivity index (χ1) is 11.1. The second-order valence-corrected chi connectivity index (χ2v) is 6.20. The van der Waals surface area contributed by atoms with Crippen molar-refractivity contribution in [2.75, 3.05) is 26.2 Å². The van der Waals surface area contributed by atoms with Gasteiger partial charge in [0.15, 0.2) is 0 Å². The maximum Gasteiger partial charge on any atom is 0.303 e. The number of aliphatic carboxylic acids is 1. The van der Waals surface area contributed by atoms with Gasteiger partial charge in [0.25, 0.3) is 0 Å². The van der Waals surface area contributed by atoms with Gasteiger partial charge in [-0.1, -0.05) is 30.3 Å². The zero-order chi connectivity index (χ0) is 16.5. The Bertz CT molecular complexity index is 504. The maximum atomic E-state index is 12.3. The minimum atomic E-state index is -0.797. The number of hydrogen-bond donors (Lipinski definition) is 2. The standard InChI is InChI=1S/C18H26N2O3/c21-17(9-5-4-8-15-6-2-1-3-7-15)20-11-10-19-13-16(14-20)12-18(22)23/h1-3,6-7,16,19H,4-5,8-14H2,(H,22,23)/t16-/m0/s1. The average Bonchev–Trinajstić information content (AvgIpc) is 2.77. The fourth-order valence-electron chi connectivity index (χ4n) is 3.01. The van der Waals surface area contributed by atoms with E-state index in [4.69, 9.17) is 5.11 Å². The van der Waals surface area contributed by atoms with Crippen molar-refractivity contribution in [1.29, 1.82) is 0 Å². The number of nitrogens with zero attached hydrogens (tertiary/aromatic N) is 1. The molecule has 0 unspecified atom stereocenters. The van der Waals surface area contributed by atoms with Crippen molar-refractivity contribution in [3.8, 4) is 0 Å². The van der Waals surface area contributed by atoms with Gasteiger partial charge in [-0.05, 0) is 30.7 Å². The molecule has 0 aliphatic carbocycles. The van der Waals surface area contributed by atoms with E-state index < -0.39 is 5.97 Å². The van der Waals surface area contributed by atoms with Crippen molar-refractivity contribution >= 4 is 11.9 Å². The number of carboxylic acids is 1. The molecule has 23 heavy (non-hydrogen) atoms. The monoisotopic (exact) mass is 318 g/mol. The molecule has 2 rings (SSSR count). The third-order valence-electron chi connectivity index (χ3n) is 4.24. The van der Waals surface area contributed by atoms with Crippen LogP contribution in [0.2, 0.25) is 0 Å². The molecule has 1 atom stereocenters. The summed E-state index contributed by atoms with van der Waals surface area (Å²) in [5, 5.41) is 12.2. The van der Waals surface area contributed by atoms with Gasteiger partial charge in [0.1, 0.15) is 0 Å². The predicted octanol–water partition coefficient (Wildman–Crippen LogP) is 1.92. The number of aryl methyl sites for hydroxylation is 1. The molecule has 0 saturated carbocycles. The lowest BCUT2D eigenvalue weighted by molar-refractivity contribution is -0.139. The molecule has 1 amide bonds.